The summed E-state index contributed by atoms with van der Waals surface area (Å²) >= 11 is 0. The Balaban J connectivity index is 2.77. The molecule has 0 radical (unpaired) electrons. The van der Waals surface area contributed by atoms with Crippen molar-refractivity contribution in [2.75, 3.05) is 38.7 Å². The van der Waals surface area contributed by atoms with Crippen LogP contribution in [0, 0.1) is 0 Å². The average molecular weight is 279 g/mol. The highest BCUT2D eigenvalue weighted by atomic mass is 16.5. The van der Waals surface area contributed by atoms with E-state index in [9.17, 15) is 9.59 Å². The van der Waals surface area contributed by atoms with Crippen molar-refractivity contribution >= 4 is 17.7 Å². The Hall–Kier alpha value is -2.11. The number of carbonyl (C=O) groups excluding carboxylic acids is 2. The van der Waals surface area contributed by atoms with E-state index in [0.717, 1.165) is 5.82 Å². The summed E-state index contributed by atoms with van der Waals surface area (Å²) in [5, 5.41) is 0. The molecule has 0 atom stereocenters. The summed E-state index contributed by atoms with van der Waals surface area (Å²) in [5.41, 5.74) is 0.460. The highest BCUT2D eigenvalue weighted by Gasteiger charge is 2.18. The van der Waals surface area contributed by atoms with Crippen molar-refractivity contribution in [3.05, 3.63) is 23.9 Å². The van der Waals surface area contributed by atoms with Crippen LogP contribution < -0.4 is 4.90 Å². The maximum absolute atomic E-state index is 12.3. The fraction of sp³-hybridized carbons (Fsp3) is 0.500. The van der Waals surface area contributed by atoms with Gasteiger partial charge in [0.2, 0.25) is 0 Å². The molecule has 6 nitrogen and oxygen atoms in total. The minimum atomic E-state index is -0.402. The zero-order chi connectivity index (χ0) is 15.1. The summed E-state index contributed by atoms with van der Waals surface area (Å²) in [6, 6.07) is 3.48. The van der Waals surface area contributed by atoms with Crippen LogP contribution in [0.2, 0.25) is 0 Å². The molecule has 0 N–H and O–H groups in total. The lowest BCUT2D eigenvalue weighted by molar-refractivity contribution is -0.143. The second-order valence-electron chi connectivity index (χ2n) is 4.42. The highest BCUT2D eigenvalue weighted by Crippen LogP contribution is 2.10. The van der Waals surface area contributed by atoms with Crippen LogP contribution in [0.5, 0.6) is 0 Å². The number of hydrogen-bond donors (Lipinski definition) is 0. The van der Waals surface area contributed by atoms with Gasteiger partial charge in [0, 0.05) is 26.8 Å². The van der Waals surface area contributed by atoms with Crippen LogP contribution in [0.4, 0.5) is 5.82 Å². The molecular weight excluding hydrogens is 258 g/mol. The molecule has 20 heavy (non-hydrogen) atoms. The van der Waals surface area contributed by atoms with Crippen molar-refractivity contribution in [3.8, 4) is 0 Å². The number of esters is 1. The van der Waals surface area contributed by atoms with Crippen LogP contribution >= 0.6 is 0 Å². The minimum Gasteiger partial charge on any atom is -0.465 e. The van der Waals surface area contributed by atoms with Crippen LogP contribution in [0.15, 0.2) is 18.3 Å². The summed E-state index contributed by atoms with van der Waals surface area (Å²) in [7, 11) is 3.76. The maximum atomic E-state index is 12.3. The Morgan fingerprint density at radius 2 is 1.95 bits per heavy atom. The SMILES string of the molecule is CCOC(=O)CN(CC)C(=O)c1ccc(N(C)C)nc1. The van der Waals surface area contributed by atoms with Crippen LogP contribution in [-0.2, 0) is 9.53 Å². The molecule has 6 heteroatoms. The van der Waals surface area contributed by atoms with Crippen molar-refractivity contribution in [1.82, 2.24) is 9.88 Å². The molecule has 0 aliphatic heterocycles. The van der Waals surface area contributed by atoms with E-state index in [2.05, 4.69) is 4.98 Å². The summed E-state index contributed by atoms with van der Waals surface area (Å²) in [5.74, 6) is 0.147. The van der Waals surface area contributed by atoms with Gasteiger partial charge in [0.1, 0.15) is 12.4 Å². The Morgan fingerprint density at radius 1 is 1.25 bits per heavy atom. The van der Waals surface area contributed by atoms with Gasteiger partial charge in [-0.25, -0.2) is 4.98 Å². The van der Waals surface area contributed by atoms with Crippen LogP contribution in [0.3, 0.4) is 0 Å². The van der Waals surface area contributed by atoms with Gasteiger partial charge in [0.25, 0.3) is 5.91 Å². The molecule has 0 saturated heterocycles. The van der Waals surface area contributed by atoms with Crippen LogP contribution in [-0.4, -0.2) is 55.6 Å². The summed E-state index contributed by atoms with van der Waals surface area (Å²) in [6.07, 6.45) is 1.52. The monoisotopic (exact) mass is 279 g/mol. The number of carbonyl (C=O) groups is 2. The molecule has 0 aromatic carbocycles. The number of nitrogens with zero attached hydrogens (tertiary/aromatic N) is 3. The van der Waals surface area contributed by atoms with Gasteiger partial charge in [0.05, 0.1) is 12.2 Å². The summed E-state index contributed by atoms with van der Waals surface area (Å²) in [4.78, 5) is 31.2. The zero-order valence-electron chi connectivity index (χ0n) is 12.4. The zero-order valence-corrected chi connectivity index (χ0v) is 12.4. The van der Waals surface area contributed by atoms with Gasteiger partial charge in [-0.1, -0.05) is 0 Å². The second kappa shape index (κ2) is 7.47. The molecule has 0 fully saturated rings. The molecule has 1 heterocycles. The number of ether oxygens (including phenoxy) is 1. The van der Waals surface area contributed by atoms with Crippen LogP contribution in [0.1, 0.15) is 24.2 Å². The Morgan fingerprint density at radius 3 is 2.40 bits per heavy atom. The third-order valence-electron chi connectivity index (χ3n) is 2.75. The van der Waals surface area contributed by atoms with E-state index in [1.165, 1.54) is 11.1 Å². The van der Waals surface area contributed by atoms with Crippen molar-refractivity contribution in [2.45, 2.75) is 13.8 Å². The smallest absolute Gasteiger partial charge is 0.325 e. The van der Waals surface area contributed by atoms with Crippen molar-refractivity contribution in [2.24, 2.45) is 0 Å². The van der Waals surface area contributed by atoms with Crippen molar-refractivity contribution in [3.63, 3.8) is 0 Å². The van der Waals surface area contributed by atoms with Gasteiger partial charge in [-0.15, -0.1) is 0 Å². The minimum absolute atomic E-state index is 0.0431. The van der Waals surface area contributed by atoms with E-state index in [0.29, 0.717) is 18.7 Å². The predicted molar refractivity (Wildman–Crippen MR) is 76.8 cm³/mol. The van der Waals surface area contributed by atoms with E-state index >= 15 is 0 Å². The molecule has 1 rings (SSSR count). The number of aromatic nitrogens is 1. The van der Waals surface area contributed by atoms with Gasteiger partial charge in [-0.2, -0.15) is 0 Å². The molecule has 0 spiro atoms. The topological polar surface area (TPSA) is 62.7 Å². The normalized spacial score (nSPS) is 10.0. The number of anilines is 1. The fourth-order valence-corrected chi connectivity index (χ4v) is 1.65. The Bertz CT molecular complexity index is 457. The molecule has 0 saturated carbocycles. The Labute approximate surface area is 119 Å². The predicted octanol–water partition coefficient (Wildman–Crippen LogP) is 1.17. The number of rotatable bonds is 6. The number of amides is 1. The number of pyridine rings is 1. The quantitative estimate of drug-likeness (QED) is 0.732. The molecule has 0 aliphatic carbocycles. The first kappa shape index (κ1) is 15.9. The first-order valence-corrected chi connectivity index (χ1v) is 6.57. The maximum Gasteiger partial charge on any atom is 0.325 e. The summed E-state index contributed by atoms with van der Waals surface area (Å²) < 4.78 is 4.86. The van der Waals surface area contributed by atoms with Gasteiger partial charge < -0.3 is 14.5 Å². The molecule has 1 aromatic heterocycles. The second-order valence-corrected chi connectivity index (χ2v) is 4.42. The lowest BCUT2D eigenvalue weighted by Crippen LogP contribution is -2.36. The van der Waals surface area contributed by atoms with E-state index in [4.69, 9.17) is 4.74 Å². The molecule has 1 aromatic rings. The van der Waals surface area contributed by atoms with Gasteiger partial charge in [0.15, 0.2) is 0 Å². The highest BCUT2D eigenvalue weighted by molar-refractivity contribution is 5.95. The van der Waals surface area contributed by atoms with Gasteiger partial charge in [-0.3, -0.25) is 9.59 Å². The average Bonchev–Trinajstić information content (AvgIpc) is 2.44. The number of likely N-dealkylation sites (N-methyl/N-ethyl adjacent to an activating group) is 1. The lowest BCUT2D eigenvalue weighted by atomic mass is 10.2. The third-order valence-corrected chi connectivity index (χ3v) is 2.75. The number of hydrogen-bond acceptors (Lipinski definition) is 5. The standard InChI is InChI=1S/C14H21N3O3/c1-5-17(10-13(18)20-6-2)14(19)11-7-8-12(15-9-11)16(3)4/h7-9H,5-6,10H2,1-4H3. The van der Waals surface area contributed by atoms with Gasteiger partial charge >= 0.3 is 5.97 Å². The first-order chi connectivity index (χ1) is 9.49. The van der Waals surface area contributed by atoms with E-state index < -0.39 is 5.97 Å². The van der Waals surface area contributed by atoms with E-state index in [1.54, 1.807) is 19.1 Å². The largest absolute Gasteiger partial charge is 0.465 e. The molecule has 0 aliphatic rings. The van der Waals surface area contributed by atoms with Crippen LogP contribution in [0.25, 0.3) is 0 Å². The molecule has 110 valence electrons. The van der Waals surface area contributed by atoms with E-state index in [-0.39, 0.29) is 12.5 Å². The third kappa shape index (κ3) is 4.22. The fourth-order valence-electron chi connectivity index (χ4n) is 1.65. The molecule has 0 bridgehead atoms. The first-order valence-electron chi connectivity index (χ1n) is 6.57. The molecule has 0 unspecified atom stereocenters. The Kier molecular flexibility index (Phi) is 5.96. The summed E-state index contributed by atoms with van der Waals surface area (Å²) in [6.45, 7) is 4.26. The van der Waals surface area contributed by atoms with Crippen molar-refractivity contribution < 1.29 is 14.3 Å². The molecular formula is C14H21N3O3. The van der Waals surface area contributed by atoms with Gasteiger partial charge in [-0.05, 0) is 26.0 Å². The van der Waals surface area contributed by atoms with Crippen molar-refractivity contribution in [1.29, 1.82) is 0 Å². The molecule has 1 amide bonds. The lowest BCUT2D eigenvalue weighted by Gasteiger charge is -2.20. The van der Waals surface area contributed by atoms with E-state index in [1.807, 2.05) is 25.9 Å².